The van der Waals surface area contributed by atoms with Gasteiger partial charge >= 0.3 is 0 Å². The third kappa shape index (κ3) is 2.06. The molecule has 2 nitrogen and oxygen atoms in total. The van der Waals surface area contributed by atoms with E-state index in [-0.39, 0.29) is 0 Å². The van der Waals surface area contributed by atoms with Crippen molar-refractivity contribution >= 4 is 22.2 Å². The van der Waals surface area contributed by atoms with Crippen LogP contribution in [0.1, 0.15) is 4.88 Å². The standard InChI is InChI=1S/C18H14N2S/c1-12-11-19-18(21-12)16-14-9-5-6-10-15(14)20-17(16)13-7-3-2-4-8-13/h2-11,20H,1H3. The molecule has 21 heavy (non-hydrogen) atoms. The monoisotopic (exact) mass is 290 g/mol. The van der Waals surface area contributed by atoms with Crippen molar-refractivity contribution in [2.75, 3.05) is 0 Å². The average molecular weight is 290 g/mol. The molecule has 0 spiro atoms. The number of aromatic nitrogens is 2. The summed E-state index contributed by atoms with van der Waals surface area (Å²) < 4.78 is 0. The van der Waals surface area contributed by atoms with E-state index in [1.54, 1.807) is 11.3 Å². The van der Waals surface area contributed by atoms with Gasteiger partial charge in [0.1, 0.15) is 5.01 Å². The highest BCUT2D eigenvalue weighted by Crippen LogP contribution is 2.39. The predicted octanol–water partition coefficient (Wildman–Crippen LogP) is 5.27. The van der Waals surface area contributed by atoms with Crippen LogP contribution in [0.2, 0.25) is 0 Å². The van der Waals surface area contributed by atoms with Crippen LogP contribution in [0.3, 0.4) is 0 Å². The van der Waals surface area contributed by atoms with Crippen LogP contribution in [0.5, 0.6) is 0 Å². The van der Waals surface area contributed by atoms with Crippen LogP contribution in [0.25, 0.3) is 32.7 Å². The number of nitrogens with zero attached hydrogens (tertiary/aromatic N) is 1. The lowest BCUT2D eigenvalue weighted by Crippen LogP contribution is -1.81. The van der Waals surface area contributed by atoms with Gasteiger partial charge in [0.15, 0.2) is 0 Å². The van der Waals surface area contributed by atoms with E-state index >= 15 is 0 Å². The molecule has 0 amide bonds. The molecule has 0 aliphatic rings. The molecule has 2 aromatic heterocycles. The number of aryl methyl sites for hydroxylation is 1. The first-order chi connectivity index (χ1) is 10.3. The van der Waals surface area contributed by atoms with Crippen molar-refractivity contribution in [2.45, 2.75) is 6.92 Å². The van der Waals surface area contributed by atoms with Gasteiger partial charge in [0.25, 0.3) is 0 Å². The molecular weight excluding hydrogens is 276 g/mol. The molecule has 0 radical (unpaired) electrons. The second kappa shape index (κ2) is 4.86. The first-order valence-electron chi connectivity index (χ1n) is 6.92. The first-order valence-corrected chi connectivity index (χ1v) is 7.73. The molecule has 0 fully saturated rings. The summed E-state index contributed by atoms with van der Waals surface area (Å²) in [7, 11) is 0. The highest BCUT2D eigenvalue weighted by atomic mass is 32.1. The predicted molar refractivity (Wildman–Crippen MR) is 89.6 cm³/mol. The molecule has 0 atom stereocenters. The fourth-order valence-corrected chi connectivity index (χ4v) is 3.49. The number of hydrogen-bond acceptors (Lipinski definition) is 2. The lowest BCUT2D eigenvalue weighted by molar-refractivity contribution is 1.38. The van der Waals surface area contributed by atoms with E-state index in [1.165, 1.54) is 21.4 Å². The van der Waals surface area contributed by atoms with Crippen molar-refractivity contribution in [1.29, 1.82) is 0 Å². The van der Waals surface area contributed by atoms with E-state index < -0.39 is 0 Å². The van der Waals surface area contributed by atoms with Crippen LogP contribution in [0, 0.1) is 6.92 Å². The van der Waals surface area contributed by atoms with E-state index in [2.05, 4.69) is 65.4 Å². The molecular formula is C18H14N2S. The van der Waals surface area contributed by atoms with E-state index in [1.807, 2.05) is 12.3 Å². The van der Waals surface area contributed by atoms with Gasteiger partial charge in [0.2, 0.25) is 0 Å². The number of hydrogen-bond donors (Lipinski definition) is 1. The lowest BCUT2D eigenvalue weighted by Gasteiger charge is -2.02. The van der Waals surface area contributed by atoms with Crippen molar-refractivity contribution in [2.24, 2.45) is 0 Å². The van der Waals surface area contributed by atoms with Crippen LogP contribution in [0.15, 0.2) is 60.8 Å². The number of fused-ring (bicyclic) bond motifs is 1. The zero-order valence-electron chi connectivity index (χ0n) is 11.6. The Balaban J connectivity index is 2.06. The summed E-state index contributed by atoms with van der Waals surface area (Å²) in [6.07, 6.45) is 1.94. The number of H-pyrrole nitrogens is 1. The van der Waals surface area contributed by atoms with Gasteiger partial charge in [-0.3, -0.25) is 0 Å². The SMILES string of the molecule is Cc1cnc(-c2c(-c3ccccc3)[nH]c3ccccc23)s1. The van der Waals surface area contributed by atoms with Gasteiger partial charge in [-0.1, -0.05) is 48.5 Å². The molecule has 0 bridgehead atoms. The maximum absolute atomic E-state index is 4.59. The topological polar surface area (TPSA) is 28.7 Å². The van der Waals surface area contributed by atoms with Crippen molar-refractivity contribution in [3.63, 3.8) is 0 Å². The van der Waals surface area contributed by atoms with Gasteiger partial charge in [0, 0.05) is 27.5 Å². The van der Waals surface area contributed by atoms with Crippen molar-refractivity contribution in [3.8, 4) is 21.8 Å². The average Bonchev–Trinajstić information content (AvgIpc) is 3.11. The summed E-state index contributed by atoms with van der Waals surface area (Å²) in [5.74, 6) is 0. The van der Waals surface area contributed by atoms with Gasteiger partial charge in [-0.05, 0) is 18.6 Å². The van der Waals surface area contributed by atoms with Crippen LogP contribution in [-0.2, 0) is 0 Å². The zero-order valence-corrected chi connectivity index (χ0v) is 12.4. The minimum atomic E-state index is 1.07. The summed E-state index contributed by atoms with van der Waals surface area (Å²) in [4.78, 5) is 9.38. The summed E-state index contributed by atoms with van der Waals surface area (Å²) in [6.45, 7) is 2.10. The van der Waals surface area contributed by atoms with Gasteiger partial charge in [-0.25, -0.2) is 4.98 Å². The van der Waals surface area contributed by atoms with Crippen molar-refractivity contribution < 1.29 is 0 Å². The summed E-state index contributed by atoms with van der Waals surface area (Å²) in [5.41, 5.74) is 4.69. The van der Waals surface area contributed by atoms with Gasteiger partial charge in [0.05, 0.1) is 5.69 Å². The van der Waals surface area contributed by atoms with Crippen LogP contribution in [0.4, 0.5) is 0 Å². The Hall–Kier alpha value is -2.39. The van der Waals surface area contributed by atoms with E-state index in [0.717, 1.165) is 16.2 Å². The Bertz CT molecular complexity index is 903. The third-order valence-electron chi connectivity index (χ3n) is 3.60. The summed E-state index contributed by atoms with van der Waals surface area (Å²) in [5, 5.41) is 2.30. The fourth-order valence-electron chi connectivity index (χ4n) is 2.66. The molecule has 2 heterocycles. The second-order valence-electron chi connectivity index (χ2n) is 5.06. The maximum Gasteiger partial charge on any atom is 0.126 e. The number of benzene rings is 2. The zero-order chi connectivity index (χ0) is 14.2. The molecule has 0 unspecified atom stereocenters. The van der Waals surface area contributed by atoms with Crippen molar-refractivity contribution in [1.82, 2.24) is 9.97 Å². The molecule has 102 valence electrons. The highest BCUT2D eigenvalue weighted by Gasteiger charge is 2.16. The molecule has 1 N–H and O–H groups in total. The van der Waals surface area contributed by atoms with Gasteiger partial charge < -0.3 is 4.98 Å². The van der Waals surface area contributed by atoms with E-state index in [9.17, 15) is 0 Å². The Morgan fingerprint density at radius 2 is 1.71 bits per heavy atom. The van der Waals surface area contributed by atoms with E-state index in [0.29, 0.717) is 0 Å². The number of para-hydroxylation sites is 1. The van der Waals surface area contributed by atoms with E-state index in [4.69, 9.17) is 0 Å². The molecule has 0 aliphatic carbocycles. The summed E-state index contributed by atoms with van der Waals surface area (Å²) in [6, 6.07) is 18.9. The summed E-state index contributed by atoms with van der Waals surface area (Å²) >= 11 is 1.74. The molecule has 2 aromatic carbocycles. The Morgan fingerprint density at radius 3 is 2.48 bits per heavy atom. The molecule has 4 aromatic rings. The normalized spacial score (nSPS) is 11.1. The molecule has 4 rings (SSSR count). The minimum absolute atomic E-state index is 1.07. The number of nitrogens with one attached hydrogen (secondary N) is 1. The maximum atomic E-state index is 4.59. The highest BCUT2D eigenvalue weighted by molar-refractivity contribution is 7.15. The molecule has 0 saturated heterocycles. The number of aromatic amines is 1. The number of rotatable bonds is 2. The number of thiazole rings is 1. The quantitative estimate of drug-likeness (QED) is 0.535. The minimum Gasteiger partial charge on any atom is -0.354 e. The smallest absolute Gasteiger partial charge is 0.126 e. The largest absolute Gasteiger partial charge is 0.354 e. The molecule has 3 heteroatoms. The Kier molecular flexibility index (Phi) is 2.86. The van der Waals surface area contributed by atoms with Crippen LogP contribution >= 0.6 is 11.3 Å². The third-order valence-corrected chi connectivity index (χ3v) is 4.53. The Morgan fingerprint density at radius 1 is 0.952 bits per heavy atom. The molecule has 0 aliphatic heterocycles. The van der Waals surface area contributed by atoms with Crippen LogP contribution < -0.4 is 0 Å². The van der Waals surface area contributed by atoms with Gasteiger partial charge in [-0.2, -0.15) is 0 Å². The Labute approximate surface area is 127 Å². The lowest BCUT2D eigenvalue weighted by atomic mass is 10.1. The van der Waals surface area contributed by atoms with Crippen LogP contribution in [-0.4, -0.2) is 9.97 Å². The second-order valence-corrected chi connectivity index (χ2v) is 6.30. The first kappa shape index (κ1) is 12.4. The van der Waals surface area contributed by atoms with Gasteiger partial charge in [-0.15, -0.1) is 11.3 Å². The van der Waals surface area contributed by atoms with Crippen molar-refractivity contribution in [3.05, 3.63) is 65.7 Å². The molecule has 0 saturated carbocycles. The fraction of sp³-hybridized carbons (Fsp3) is 0.0556.